The Bertz CT molecular complexity index is 990. The van der Waals surface area contributed by atoms with E-state index < -0.39 is 28.7 Å². The molecular weight excluding hydrogens is 328 g/mol. The van der Waals surface area contributed by atoms with Crippen molar-refractivity contribution in [3.8, 4) is 23.0 Å². The summed E-state index contributed by atoms with van der Waals surface area (Å²) in [4.78, 5) is 24.9. The molecule has 0 bridgehead atoms. The van der Waals surface area contributed by atoms with Crippen LogP contribution in [0.3, 0.4) is 0 Å². The summed E-state index contributed by atoms with van der Waals surface area (Å²) in [6.07, 6.45) is 0. The fourth-order valence-electron chi connectivity index (χ4n) is 2.30. The summed E-state index contributed by atoms with van der Waals surface area (Å²) in [5.41, 5.74) is -0.920. The van der Waals surface area contributed by atoms with E-state index >= 15 is 0 Å². The van der Waals surface area contributed by atoms with E-state index in [1.165, 1.54) is 0 Å². The molecule has 1 heterocycles. The largest absolute Gasteiger partial charge is 0.508 e. The van der Waals surface area contributed by atoms with Crippen molar-refractivity contribution in [3.05, 3.63) is 58.4 Å². The maximum atomic E-state index is 12.8. The molecule has 0 saturated carbocycles. The first kappa shape index (κ1) is 16.4. The maximum absolute atomic E-state index is 12.8. The topological polar surface area (TPSA) is 106 Å². The van der Waals surface area contributed by atoms with Crippen LogP contribution < -0.4 is 10.2 Å². The minimum atomic E-state index is -0.893. The lowest BCUT2D eigenvalue weighted by molar-refractivity contribution is 0.0486. The third-order valence-corrected chi connectivity index (χ3v) is 3.34. The molecule has 0 radical (unpaired) electrons. The Morgan fingerprint density at radius 3 is 2.56 bits per heavy atom. The summed E-state index contributed by atoms with van der Waals surface area (Å²) in [7, 11) is 0. The van der Waals surface area contributed by atoms with Crippen molar-refractivity contribution in [2.24, 2.45) is 0 Å². The lowest BCUT2D eigenvalue weighted by Crippen LogP contribution is -2.14. The smallest absolute Gasteiger partial charge is 0.378 e. The number of aromatic hydroxyl groups is 2. The van der Waals surface area contributed by atoms with E-state index in [-0.39, 0.29) is 23.3 Å². The van der Waals surface area contributed by atoms with Crippen LogP contribution in [0, 0.1) is 0 Å². The van der Waals surface area contributed by atoms with Gasteiger partial charge in [0.05, 0.1) is 6.61 Å². The van der Waals surface area contributed by atoms with Crippen LogP contribution in [0.5, 0.6) is 23.0 Å². The first-order valence-electron chi connectivity index (χ1n) is 7.44. The van der Waals surface area contributed by atoms with Gasteiger partial charge in [-0.1, -0.05) is 18.2 Å². The zero-order valence-corrected chi connectivity index (χ0v) is 13.2. The molecule has 128 valence electrons. The highest BCUT2D eigenvalue weighted by molar-refractivity contribution is 5.94. The molecule has 0 amide bonds. The average molecular weight is 342 g/mol. The number of esters is 1. The van der Waals surface area contributed by atoms with Crippen LogP contribution in [0.15, 0.2) is 51.7 Å². The molecule has 0 atom stereocenters. The number of benzene rings is 2. The van der Waals surface area contributed by atoms with E-state index in [4.69, 9.17) is 13.9 Å². The van der Waals surface area contributed by atoms with Crippen LogP contribution in [-0.2, 0) is 4.74 Å². The number of hydrogen-bond donors (Lipinski definition) is 2. The van der Waals surface area contributed by atoms with Crippen LogP contribution in [0.2, 0.25) is 0 Å². The molecule has 1 aromatic heterocycles. The summed E-state index contributed by atoms with van der Waals surface area (Å²) < 4.78 is 15.8. The van der Waals surface area contributed by atoms with Crippen molar-refractivity contribution in [1.29, 1.82) is 0 Å². The number of para-hydroxylation sites is 1. The summed E-state index contributed by atoms with van der Waals surface area (Å²) in [6, 6.07) is 10.4. The zero-order chi connectivity index (χ0) is 18.0. The van der Waals surface area contributed by atoms with Gasteiger partial charge in [0.15, 0.2) is 0 Å². The van der Waals surface area contributed by atoms with Crippen LogP contribution in [0.1, 0.15) is 17.5 Å². The number of phenols is 2. The zero-order valence-electron chi connectivity index (χ0n) is 13.2. The van der Waals surface area contributed by atoms with Gasteiger partial charge < -0.3 is 24.1 Å². The molecular formula is C18H14O7. The molecule has 0 saturated heterocycles. The standard InChI is InChI=1S/C18H14O7/c1-2-23-18(22)17-16(24-11-6-4-3-5-7-11)15(21)14-12(20)8-10(19)9-13(14)25-17/h3-9,19-20H,2H2,1H3. The average Bonchev–Trinajstić information content (AvgIpc) is 2.57. The van der Waals surface area contributed by atoms with Gasteiger partial charge in [-0.15, -0.1) is 0 Å². The number of rotatable bonds is 4. The Hall–Kier alpha value is -3.48. The minimum absolute atomic E-state index is 0.0661. The SMILES string of the molecule is CCOC(=O)c1oc2cc(O)cc(O)c2c(=O)c1Oc1ccccc1. The van der Waals surface area contributed by atoms with Crippen molar-refractivity contribution >= 4 is 16.9 Å². The summed E-state index contributed by atoms with van der Waals surface area (Å²) in [6.45, 7) is 1.67. The summed E-state index contributed by atoms with van der Waals surface area (Å²) in [5.74, 6) is -2.25. The van der Waals surface area contributed by atoms with Gasteiger partial charge in [-0.25, -0.2) is 4.79 Å². The highest BCUT2D eigenvalue weighted by Crippen LogP contribution is 2.32. The van der Waals surface area contributed by atoms with Gasteiger partial charge in [-0.3, -0.25) is 4.79 Å². The van der Waals surface area contributed by atoms with E-state index in [0.717, 1.165) is 12.1 Å². The number of fused-ring (bicyclic) bond motifs is 1. The molecule has 3 aromatic rings. The van der Waals surface area contributed by atoms with Crippen molar-refractivity contribution in [1.82, 2.24) is 0 Å². The van der Waals surface area contributed by atoms with Gasteiger partial charge in [0, 0.05) is 12.1 Å². The second-order valence-corrected chi connectivity index (χ2v) is 5.06. The Labute approximate surface area is 141 Å². The second-order valence-electron chi connectivity index (χ2n) is 5.06. The molecule has 7 heteroatoms. The highest BCUT2D eigenvalue weighted by Gasteiger charge is 2.25. The number of ether oxygens (including phenoxy) is 2. The first-order chi connectivity index (χ1) is 12.0. The van der Waals surface area contributed by atoms with E-state index in [9.17, 15) is 19.8 Å². The molecule has 25 heavy (non-hydrogen) atoms. The Balaban J connectivity index is 2.27. The van der Waals surface area contributed by atoms with Crippen molar-refractivity contribution in [3.63, 3.8) is 0 Å². The monoisotopic (exact) mass is 342 g/mol. The van der Waals surface area contributed by atoms with Gasteiger partial charge in [0.25, 0.3) is 5.76 Å². The van der Waals surface area contributed by atoms with Crippen LogP contribution in [0.4, 0.5) is 0 Å². The minimum Gasteiger partial charge on any atom is -0.508 e. The van der Waals surface area contributed by atoms with Crippen molar-refractivity contribution in [2.45, 2.75) is 6.92 Å². The molecule has 0 unspecified atom stereocenters. The third kappa shape index (κ3) is 3.12. The van der Waals surface area contributed by atoms with E-state index in [1.807, 2.05) is 0 Å². The highest BCUT2D eigenvalue weighted by atomic mass is 16.6. The molecule has 7 nitrogen and oxygen atoms in total. The summed E-state index contributed by atoms with van der Waals surface area (Å²) >= 11 is 0. The van der Waals surface area contributed by atoms with Gasteiger partial charge in [0.1, 0.15) is 28.2 Å². The Morgan fingerprint density at radius 1 is 1.16 bits per heavy atom. The molecule has 0 fully saturated rings. The van der Waals surface area contributed by atoms with Gasteiger partial charge in [-0.2, -0.15) is 0 Å². The van der Waals surface area contributed by atoms with Gasteiger partial charge >= 0.3 is 5.97 Å². The Morgan fingerprint density at radius 2 is 1.88 bits per heavy atom. The quantitative estimate of drug-likeness (QED) is 0.701. The molecule has 3 rings (SSSR count). The molecule has 0 spiro atoms. The lowest BCUT2D eigenvalue weighted by Gasteiger charge is -2.11. The maximum Gasteiger partial charge on any atom is 0.378 e. The normalized spacial score (nSPS) is 10.6. The molecule has 0 aliphatic heterocycles. The van der Waals surface area contributed by atoms with Crippen molar-refractivity contribution in [2.75, 3.05) is 6.61 Å². The predicted molar refractivity (Wildman–Crippen MR) is 88.3 cm³/mol. The predicted octanol–water partition coefficient (Wildman–Crippen LogP) is 3.17. The fraction of sp³-hybridized carbons (Fsp3) is 0.111. The summed E-state index contributed by atoms with van der Waals surface area (Å²) in [5, 5.41) is 19.3. The van der Waals surface area contributed by atoms with E-state index in [0.29, 0.717) is 5.75 Å². The Kier molecular flexibility index (Phi) is 4.30. The number of phenolic OH excluding ortho intramolecular Hbond substituents is 2. The first-order valence-corrected chi connectivity index (χ1v) is 7.44. The lowest BCUT2D eigenvalue weighted by atomic mass is 10.1. The molecule has 0 aliphatic carbocycles. The number of hydrogen-bond acceptors (Lipinski definition) is 7. The van der Waals surface area contributed by atoms with Crippen LogP contribution >= 0.6 is 0 Å². The van der Waals surface area contributed by atoms with Gasteiger partial charge in [-0.05, 0) is 19.1 Å². The van der Waals surface area contributed by atoms with Crippen LogP contribution in [0.25, 0.3) is 11.0 Å². The molecule has 2 N–H and O–H groups in total. The van der Waals surface area contributed by atoms with E-state index in [2.05, 4.69) is 0 Å². The van der Waals surface area contributed by atoms with E-state index in [1.54, 1.807) is 37.3 Å². The number of carbonyl (C=O) groups is 1. The number of carbonyl (C=O) groups excluding carboxylic acids is 1. The molecule has 0 aliphatic rings. The third-order valence-electron chi connectivity index (χ3n) is 3.34. The van der Waals surface area contributed by atoms with Crippen molar-refractivity contribution < 1.29 is 28.9 Å². The van der Waals surface area contributed by atoms with Gasteiger partial charge in [0.2, 0.25) is 11.2 Å². The molecule has 2 aromatic carbocycles. The second kappa shape index (κ2) is 6.56. The van der Waals surface area contributed by atoms with Crippen LogP contribution in [-0.4, -0.2) is 22.8 Å². The fourth-order valence-corrected chi connectivity index (χ4v) is 2.30.